The summed E-state index contributed by atoms with van der Waals surface area (Å²) in [6.07, 6.45) is 2.17. The van der Waals surface area contributed by atoms with E-state index in [-0.39, 0.29) is 24.2 Å². The van der Waals surface area contributed by atoms with Gasteiger partial charge in [-0.15, -0.1) is 11.3 Å². The molecule has 1 N–H and O–H groups in total. The monoisotopic (exact) mass is 379 g/mol. The van der Waals surface area contributed by atoms with Gasteiger partial charge in [0.05, 0.1) is 18.2 Å². The van der Waals surface area contributed by atoms with Crippen molar-refractivity contribution in [2.45, 2.75) is 19.4 Å². The molecule has 2 aromatic heterocycles. The number of thiazole rings is 1. The smallest absolute Gasteiger partial charge is 0.226 e. The van der Waals surface area contributed by atoms with Crippen molar-refractivity contribution in [1.29, 1.82) is 0 Å². The molecule has 0 saturated heterocycles. The SMILES string of the molecule is CC(NC(=O)Cc1csc2nc(-c3ccc(F)cc3)cn12)c1ccccc1. The molecular formula is C21H18FN3OS. The first-order valence-corrected chi connectivity index (χ1v) is 9.54. The molecule has 4 rings (SSSR count). The van der Waals surface area contributed by atoms with Crippen molar-refractivity contribution in [3.8, 4) is 11.3 Å². The van der Waals surface area contributed by atoms with Crippen LogP contribution in [0.2, 0.25) is 0 Å². The number of hydrogen-bond donors (Lipinski definition) is 1. The van der Waals surface area contributed by atoms with E-state index in [0.717, 1.165) is 27.5 Å². The first kappa shape index (κ1) is 17.4. The topological polar surface area (TPSA) is 46.4 Å². The highest BCUT2D eigenvalue weighted by Crippen LogP contribution is 2.24. The largest absolute Gasteiger partial charge is 0.349 e. The van der Waals surface area contributed by atoms with Gasteiger partial charge in [-0.25, -0.2) is 9.37 Å². The van der Waals surface area contributed by atoms with E-state index in [4.69, 9.17) is 0 Å². The van der Waals surface area contributed by atoms with E-state index in [2.05, 4.69) is 10.3 Å². The summed E-state index contributed by atoms with van der Waals surface area (Å²) >= 11 is 1.49. The van der Waals surface area contributed by atoms with Crippen molar-refractivity contribution >= 4 is 22.2 Å². The van der Waals surface area contributed by atoms with Gasteiger partial charge in [0.15, 0.2) is 4.96 Å². The number of aromatic nitrogens is 2. The van der Waals surface area contributed by atoms with Crippen LogP contribution in [0.25, 0.3) is 16.2 Å². The Balaban J connectivity index is 1.50. The summed E-state index contributed by atoms with van der Waals surface area (Å²) in [5.74, 6) is -0.312. The molecular weight excluding hydrogens is 361 g/mol. The zero-order valence-corrected chi connectivity index (χ0v) is 15.5. The predicted molar refractivity (Wildman–Crippen MR) is 105 cm³/mol. The molecule has 4 nitrogen and oxygen atoms in total. The first-order valence-electron chi connectivity index (χ1n) is 8.66. The van der Waals surface area contributed by atoms with Gasteiger partial charge < -0.3 is 5.32 Å². The average molecular weight is 379 g/mol. The number of carbonyl (C=O) groups is 1. The van der Waals surface area contributed by atoms with Gasteiger partial charge in [-0.2, -0.15) is 0 Å². The van der Waals surface area contributed by atoms with Crippen LogP contribution in [0.3, 0.4) is 0 Å². The lowest BCUT2D eigenvalue weighted by molar-refractivity contribution is -0.121. The summed E-state index contributed by atoms with van der Waals surface area (Å²) in [6.45, 7) is 1.97. The molecule has 0 radical (unpaired) electrons. The lowest BCUT2D eigenvalue weighted by atomic mass is 10.1. The maximum Gasteiger partial charge on any atom is 0.226 e. The Morgan fingerprint density at radius 2 is 1.93 bits per heavy atom. The summed E-state index contributed by atoms with van der Waals surface area (Å²) in [6, 6.07) is 16.1. The molecule has 0 spiro atoms. The van der Waals surface area contributed by atoms with E-state index in [1.54, 1.807) is 12.1 Å². The number of nitrogens with zero attached hydrogens (tertiary/aromatic N) is 2. The van der Waals surface area contributed by atoms with Crippen LogP contribution in [-0.2, 0) is 11.2 Å². The molecule has 0 aliphatic carbocycles. The summed E-state index contributed by atoms with van der Waals surface area (Å²) in [5, 5.41) is 4.98. The summed E-state index contributed by atoms with van der Waals surface area (Å²) in [5.41, 5.74) is 3.57. The highest BCUT2D eigenvalue weighted by atomic mass is 32.1. The Bertz CT molecular complexity index is 1070. The number of rotatable bonds is 5. The number of carbonyl (C=O) groups excluding carboxylic acids is 1. The van der Waals surface area contributed by atoms with Crippen LogP contribution in [0.15, 0.2) is 66.2 Å². The van der Waals surface area contributed by atoms with E-state index in [0.29, 0.717) is 0 Å². The molecule has 0 bridgehead atoms. The Kier molecular flexibility index (Phi) is 4.73. The molecule has 6 heteroatoms. The summed E-state index contributed by atoms with van der Waals surface area (Å²) in [4.78, 5) is 17.9. The normalized spacial score (nSPS) is 12.2. The molecule has 4 aromatic rings. The van der Waals surface area contributed by atoms with Gasteiger partial charge in [-0.1, -0.05) is 30.3 Å². The van der Waals surface area contributed by atoms with Crippen molar-refractivity contribution < 1.29 is 9.18 Å². The van der Waals surface area contributed by atoms with Crippen molar-refractivity contribution in [2.24, 2.45) is 0 Å². The van der Waals surface area contributed by atoms with Crippen LogP contribution in [0.5, 0.6) is 0 Å². The van der Waals surface area contributed by atoms with Crippen LogP contribution in [0.4, 0.5) is 4.39 Å². The van der Waals surface area contributed by atoms with E-state index in [1.807, 2.05) is 53.2 Å². The number of halogens is 1. The van der Waals surface area contributed by atoms with Gasteiger partial charge in [0, 0.05) is 22.8 Å². The van der Waals surface area contributed by atoms with Gasteiger partial charge in [0.25, 0.3) is 0 Å². The minimum Gasteiger partial charge on any atom is -0.349 e. The second kappa shape index (κ2) is 7.32. The summed E-state index contributed by atoms with van der Waals surface area (Å²) in [7, 11) is 0. The number of imidazole rings is 1. The van der Waals surface area contributed by atoms with Crippen molar-refractivity contribution in [3.05, 3.63) is 83.2 Å². The molecule has 2 heterocycles. The van der Waals surface area contributed by atoms with E-state index < -0.39 is 0 Å². The Morgan fingerprint density at radius 3 is 2.67 bits per heavy atom. The van der Waals surface area contributed by atoms with Gasteiger partial charge in [0.1, 0.15) is 5.82 Å². The minimum absolute atomic E-state index is 0.0388. The second-order valence-electron chi connectivity index (χ2n) is 6.39. The lowest BCUT2D eigenvalue weighted by Gasteiger charge is -2.14. The van der Waals surface area contributed by atoms with Crippen molar-refractivity contribution in [3.63, 3.8) is 0 Å². The maximum atomic E-state index is 13.1. The molecule has 0 fully saturated rings. The molecule has 0 aliphatic rings. The van der Waals surface area contributed by atoms with Crippen molar-refractivity contribution in [2.75, 3.05) is 0 Å². The van der Waals surface area contributed by atoms with E-state index in [9.17, 15) is 9.18 Å². The highest BCUT2D eigenvalue weighted by molar-refractivity contribution is 7.15. The lowest BCUT2D eigenvalue weighted by Crippen LogP contribution is -2.28. The molecule has 0 aliphatic heterocycles. The Morgan fingerprint density at radius 1 is 1.19 bits per heavy atom. The fourth-order valence-corrected chi connectivity index (χ4v) is 3.87. The third kappa shape index (κ3) is 3.75. The Labute approximate surface area is 160 Å². The van der Waals surface area contributed by atoms with Crippen molar-refractivity contribution in [1.82, 2.24) is 14.7 Å². The fraction of sp³-hybridized carbons (Fsp3) is 0.143. The van der Waals surface area contributed by atoms with Gasteiger partial charge in [-0.3, -0.25) is 9.20 Å². The third-order valence-corrected chi connectivity index (χ3v) is 5.33. The van der Waals surface area contributed by atoms with Crippen LogP contribution >= 0.6 is 11.3 Å². The molecule has 1 atom stereocenters. The van der Waals surface area contributed by atoms with Crippen LogP contribution < -0.4 is 5.32 Å². The number of hydrogen-bond acceptors (Lipinski definition) is 3. The number of amides is 1. The molecule has 2 aromatic carbocycles. The predicted octanol–water partition coefficient (Wildman–Crippen LogP) is 4.62. The number of fused-ring (bicyclic) bond motifs is 1. The van der Waals surface area contributed by atoms with Crippen LogP contribution in [0.1, 0.15) is 24.2 Å². The second-order valence-corrected chi connectivity index (χ2v) is 7.23. The maximum absolute atomic E-state index is 13.1. The highest BCUT2D eigenvalue weighted by Gasteiger charge is 2.14. The Hall–Kier alpha value is -2.99. The third-order valence-electron chi connectivity index (χ3n) is 4.44. The number of benzene rings is 2. The number of nitrogens with one attached hydrogen (secondary N) is 1. The van der Waals surface area contributed by atoms with Gasteiger partial charge in [0.2, 0.25) is 5.91 Å². The fourth-order valence-electron chi connectivity index (χ4n) is 3.00. The standard InChI is InChI=1S/C21H18FN3OS/c1-14(15-5-3-2-4-6-15)23-20(26)11-18-13-27-21-24-19(12-25(18)21)16-7-9-17(22)10-8-16/h2-10,12-14H,11H2,1H3,(H,23,26). The molecule has 1 amide bonds. The van der Waals surface area contributed by atoms with Gasteiger partial charge >= 0.3 is 0 Å². The summed E-state index contributed by atoms with van der Waals surface area (Å²) < 4.78 is 15.0. The first-order chi connectivity index (χ1) is 13.1. The zero-order valence-electron chi connectivity index (χ0n) is 14.7. The average Bonchev–Trinajstić information content (AvgIpc) is 3.25. The minimum atomic E-state index is -0.273. The zero-order chi connectivity index (χ0) is 18.8. The molecule has 1 unspecified atom stereocenters. The van der Waals surface area contributed by atoms with E-state index in [1.165, 1.54) is 23.5 Å². The van der Waals surface area contributed by atoms with E-state index >= 15 is 0 Å². The molecule has 0 saturated carbocycles. The van der Waals surface area contributed by atoms with Crippen LogP contribution in [-0.4, -0.2) is 15.3 Å². The quantitative estimate of drug-likeness (QED) is 0.550. The molecule has 27 heavy (non-hydrogen) atoms. The van der Waals surface area contributed by atoms with Gasteiger partial charge in [-0.05, 0) is 36.8 Å². The van der Waals surface area contributed by atoms with Crippen LogP contribution in [0, 0.1) is 5.82 Å². The molecule has 136 valence electrons.